The highest BCUT2D eigenvalue weighted by Crippen LogP contribution is 2.26. The molecule has 0 bridgehead atoms. The molecular weight excluding hydrogens is 529 g/mol. The van der Waals surface area contributed by atoms with Crippen LogP contribution < -0.4 is 4.90 Å². The van der Waals surface area contributed by atoms with Crippen LogP contribution in [0, 0.1) is 0 Å². The lowest BCUT2D eigenvalue weighted by Gasteiger charge is -2.38. The summed E-state index contributed by atoms with van der Waals surface area (Å²) < 4.78 is 28.7. The number of amides is 2. The topological polar surface area (TPSA) is 81.2 Å². The van der Waals surface area contributed by atoms with Crippen LogP contribution in [0.1, 0.15) is 9.75 Å². The summed E-state index contributed by atoms with van der Waals surface area (Å²) in [7, 11) is -4.28. The Balaban J connectivity index is 1.37. The van der Waals surface area contributed by atoms with Gasteiger partial charge >= 0.3 is 10.2 Å². The molecule has 11 heteroatoms. The summed E-state index contributed by atoms with van der Waals surface area (Å²) in [6, 6.07) is 17.7. The highest BCUT2D eigenvalue weighted by atomic mass is 32.2. The first-order valence-electron chi connectivity index (χ1n) is 12.1. The molecule has 37 heavy (non-hydrogen) atoms. The van der Waals surface area contributed by atoms with Gasteiger partial charge in [-0.25, -0.2) is 8.61 Å². The number of rotatable bonds is 8. The molecule has 0 saturated carbocycles. The third kappa shape index (κ3) is 5.58. The van der Waals surface area contributed by atoms with Gasteiger partial charge in [0, 0.05) is 73.8 Å². The monoisotopic (exact) mass is 556 g/mol. The lowest BCUT2D eigenvalue weighted by molar-refractivity contribution is -0.132. The van der Waals surface area contributed by atoms with E-state index in [1.807, 2.05) is 58.1 Å². The molecular formula is C26H28N4O4S3. The second-order valence-corrected chi connectivity index (χ2v) is 12.7. The largest absolute Gasteiger partial charge is 0.373 e. The van der Waals surface area contributed by atoms with Crippen molar-refractivity contribution in [2.24, 2.45) is 0 Å². The highest BCUT2D eigenvalue weighted by Gasteiger charge is 2.46. The molecule has 8 nitrogen and oxygen atoms in total. The van der Waals surface area contributed by atoms with Gasteiger partial charge in [-0.05, 0) is 35.0 Å². The Hall–Kier alpha value is -3.15. The maximum atomic E-state index is 13.5. The van der Waals surface area contributed by atoms with Crippen LogP contribution in [0.4, 0.5) is 5.69 Å². The molecule has 2 amide bonds. The van der Waals surface area contributed by atoms with E-state index in [1.165, 1.54) is 22.7 Å². The molecule has 3 aromatic rings. The molecule has 0 spiro atoms. The second kappa shape index (κ2) is 11.1. The number of benzene rings is 1. The van der Waals surface area contributed by atoms with Crippen molar-refractivity contribution >= 4 is 50.4 Å². The van der Waals surface area contributed by atoms with Crippen LogP contribution in [0.2, 0.25) is 0 Å². The van der Waals surface area contributed by atoms with E-state index >= 15 is 0 Å². The average Bonchev–Trinajstić information content (AvgIpc) is 3.62. The predicted molar refractivity (Wildman–Crippen MR) is 147 cm³/mol. The molecule has 0 aliphatic carbocycles. The van der Waals surface area contributed by atoms with E-state index in [4.69, 9.17) is 0 Å². The molecule has 0 atom stereocenters. The van der Waals surface area contributed by atoms with Gasteiger partial charge in [-0.2, -0.15) is 8.42 Å². The van der Waals surface area contributed by atoms with Gasteiger partial charge in [-0.1, -0.05) is 30.3 Å². The molecule has 2 fully saturated rings. The van der Waals surface area contributed by atoms with Crippen LogP contribution in [-0.4, -0.2) is 73.0 Å². The van der Waals surface area contributed by atoms with Crippen molar-refractivity contribution in [2.75, 3.05) is 44.2 Å². The van der Waals surface area contributed by atoms with Gasteiger partial charge in [0.05, 0.1) is 0 Å². The van der Waals surface area contributed by atoms with E-state index in [2.05, 4.69) is 17.0 Å². The van der Waals surface area contributed by atoms with Gasteiger partial charge in [0.15, 0.2) is 0 Å². The zero-order chi connectivity index (χ0) is 25.8. The van der Waals surface area contributed by atoms with Crippen LogP contribution in [0.5, 0.6) is 0 Å². The van der Waals surface area contributed by atoms with Crippen LogP contribution >= 0.6 is 22.7 Å². The van der Waals surface area contributed by atoms with Crippen molar-refractivity contribution in [3.05, 3.63) is 86.9 Å². The summed E-state index contributed by atoms with van der Waals surface area (Å²) in [6.07, 6.45) is 2.37. The van der Waals surface area contributed by atoms with Crippen molar-refractivity contribution in [1.29, 1.82) is 0 Å². The summed E-state index contributed by atoms with van der Waals surface area (Å²) in [4.78, 5) is 33.1. The summed E-state index contributed by atoms with van der Waals surface area (Å²) in [5.74, 6) is -1.50. The average molecular weight is 557 g/mol. The van der Waals surface area contributed by atoms with Crippen LogP contribution in [0.3, 0.4) is 0 Å². The third-order valence-corrected chi connectivity index (χ3v) is 10.2. The minimum atomic E-state index is -4.28. The molecule has 2 aromatic heterocycles. The number of para-hydroxylation sites is 1. The van der Waals surface area contributed by atoms with Crippen LogP contribution in [0.15, 0.2) is 77.1 Å². The van der Waals surface area contributed by atoms with Gasteiger partial charge < -0.3 is 9.80 Å². The molecule has 0 radical (unpaired) electrons. The molecule has 0 N–H and O–H groups in total. The van der Waals surface area contributed by atoms with E-state index < -0.39 is 22.0 Å². The maximum absolute atomic E-state index is 13.5. The molecule has 2 saturated heterocycles. The first kappa shape index (κ1) is 25.5. The maximum Gasteiger partial charge on any atom is 0.331 e. The fourth-order valence-corrected chi connectivity index (χ4v) is 7.39. The van der Waals surface area contributed by atoms with E-state index in [-0.39, 0.29) is 18.7 Å². The van der Waals surface area contributed by atoms with Gasteiger partial charge in [-0.3, -0.25) is 9.59 Å². The summed E-state index contributed by atoms with van der Waals surface area (Å²) >= 11 is 3.02. The quantitative estimate of drug-likeness (QED) is 0.313. The zero-order valence-corrected chi connectivity index (χ0v) is 22.7. The Kier molecular flexibility index (Phi) is 7.63. The molecule has 4 heterocycles. The van der Waals surface area contributed by atoms with Gasteiger partial charge in [-0.15, -0.1) is 22.7 Å². The molecule has 2 aliphatic heterocycles. The second-order valence-electron chi connectivity index (χ2n) is 8.82. The van der Waals surface area contributed by atoms with Gasteiger partial charge in [0.2, 0.25) is 0 Å². The lowest BCUT2D eigenvalue weighted by Crippen LogP contribution is -2.57. The number of nitrogens with zero attached hydrogens (tertiary/aromatic N) is 4. The van der Waals surface area contributed by atoms with Gasteiger partial charge in [0.1, 0.15) is 5.57 Å². The predicted octanol–water partition coefficient (Wildman–Crippen LogP) is 3.22. The van der Waals surface area contributed by atoms with Crippen molar-refractivity contribution in [3.63, 3.8) is 0 Å². The number of thiophene rings is 2. The molecule has 194 valence electrons. The van der Waals surface area contributed by atoms with Crippen LogP contribution in [-0.2, 0) is 32.6 Å². The summed E-state index contributed by atoms with van der Waals surface area (Å²) in [5.41, 5.74) is 1.03. The molecule has 0 unspecified atom stereocenters. The molecule has 5 rings (SSSR count). The standard InChI is InChI=1S/C26H28N4O4S3/c31-25-24(20-27-14-16-28(17-15-27)21-6-2-1-3-7-21)26(32)30(13-11-23-9-5-19-36-23)37(33,34)29(25)12-10-22-8-4-18-35-22/h1-9,18-20H,10-17H2. The Morgan fingerprint density at radius 2 is 1.27 bits per heavy atom. The Labute approximate surface area is 225 Å². The normalized spacial score (nSPS) is 18.0. The fourth-order valence-electron chi connectivity index (χ4n) is 4.50. The zero-order valence-electron chi connectivity index (χ0n) is 20.2. The van der Waals surface area contributed by atoms with Crippen LogP contribution in [0.25, 0.3) is 0 Å². The van der Waals surface area contributed by atoms with Crippen molar-refractivity contribution in [1.82, 2.24) is 13.5 Å². The first-order chi connectivity index (χ1) is 17.9. The highest BCUT2D eigenvalue weighted by molar-refractivity contribution is 7.88. The minimum absolute atomic E-state index is 0.0103. The van der Waals surface area contributed by atoms with E-state index in [9.17, 15) is 18.0 Å². The number of carbonyl (C=O) groups is 2. The number of hydrogen-bond acceptors (Lipinski definition) is 8. The van der Waals surface area contributed by atoms with Gasteiger partial charge in [0.25, 0.3) is 11.8 Å². The Morgan fingerprint density at radius 1 is 0.730 bits per heavy atom. The van der Waals surface area contributed by atoms with E-state index in [0.717, 1.165) is 37.1 Å². The van der Waals surface area contributed by atoms with Crippen molar-refractivity contribution < 1.29 is 18.0 Å². The third-order valence-electron chi connectivity index (χ3n) is 6.50. The number of piperazine rings is 1. The number of carbonyl (C=O) groups excluding carboxylic acids is 2. The summed E-state index contributed by atoms with van der Waals surface area (Å²) in [6.45, 7) is 2.69. The minimum Gasteiger partial charge on any atom is -0.373 e. The lowest BCUT2D eigenvalue weighted by atomic mass is 10.2. The fraction of sp³-hybridized carbons (Fsp3) is 0.308. The molecule has 1 aromatic carbocycles. The smallest absolute Gasteiger partial charge is 0.331 e. The summed E-state index contributed by atoms with van der Waals surface area (Å²) in [5, 5.41) is 3.83. The SMILES string of the molecule is O=C1C(=CN2CCN(c3ccccc3)CC2)C(=O)N(CCc2cccs2)S(=O)(=O)N1CCc1cccs1. The number of hydrogen-bond donors (Lipinski definition) is 0. The first-order valence-corrected chi connectivity index (χ1v) is 15.3. The Bertz CT molecular complexity index is 1280. The molecule has 2 aliphatic rings. The Morgan fingerprint density at radius 3 is 1.76 bits per heavy atom. The van der Waals surface area contributed by atoms with E-state index in [0.29, 0.717) is 25.9 Å². The number of anilines is 1. The van der Waals surface area contributed by atoms with Crippen molar-refractivity contribution in [3.8, 4) is 0 Å². The van der Waals surface area contributed by atoms with Crippen molar-refractivity contribution in [2.45, 2.75) is 12.8 Å². The van der Waals surface area contributed by atoms with E-state index in [1.54, 1.807) is 6.20 Å².